The third-order valence-corrected chi connectivity index (χ3v) is 6.63. The summed E-state index contributed by atoms with van der Waals surface area (Å²) in [6, 6.07) is 3.63. The van der Waals surface area contributed by atoms with Crippen LogP contribution >= 0.6 is 35.9 Å². The number of hydrogen-bond donors (Lipinski definition) is 3. The number of carboxylic acid groups (broad SMARTS) is 1. The fourth-order valence-electron chi connectivity index (χ4n) is 3.21. The molecule has 2 aliphatic heterocycles. The minimum absolute atomic E-state index is 0. The van der Waals surface area contributed by atoms with Gasteiger partial charge >= 0.3 is 13.1 Å². The number of amides is 1. The van der Waals surface area contributed by atoms with Crippen LogP contribution in [0.4, 0.5) is 0 Å². The molecule has 1 unspecified atom stereocenters. The molecule has 1 saturated heterocycles. The van der Waals surface area contributed by atoms with Crippen molar-refractivity contribution in [1.82, 2.24) is 4.90 Å². The summed E-state index contributed by atoms with van der Waals surface area (Å²) in [5.41, 5.74) is 6.65. The number of fused-ring (bicyclic) bond motifs is 1. The smallest absolute Gasteiger partial charge is 0.535 e. The van der Waals surface area contributed by atoms with Gasteiger partial charge in [0.2, 0.25) is 5.91 Å². The predicted molar refractivity (Wildman–Crippen MR) is 110 cm³/mol. The minimum atomic E-state index is -1.16. The van der Waals surface area contributed by atoms with Crippen molar-refractivity contribution in [2.45, 2.75) is 28.9 Å². The Morgan fingerprint density at radius 3 is 2.78 bits per heavy atom. The Labute approximate surface area is 172 Å². The molecule has 1 aromatic rings. The highest BCUT2D eigenvalue weighted by Gasteiger charge is 2.38. The summed E-state index contributed by atoms with van der Waals surface area (Å²) >= 11 is 2.65. The van der Waals surface area contributed by atoms with Crippen LogP contribution in [0.3, 0.4) is 0 Å². The number of aromatic carboxylic acids is 1. The number of nitrogens with two attached hydrogens (primary N) is 1. The molecule has 0 bridgehead atoms. The topological polar surface area (TPSA) is 113 Å². The minimum Gasteiger partial charge on any atom is -0.535 e. The highest BCUT2D eigenvalue weighted by atomic mass is 35.5. The van der Waals surface area contributed by atoms with E-state index >= 15 is 0 Å². The van der Waals surface area contributed by atoms with Gasteiger partial charge < -0.3 is 25.4 Å². The van der Waals surface area contributed by atoms with Crippen LogP contribution in [-0.2, 0) is 11.2 Å². The zero-order valence-electron chi connectivity index (χ0n) is 14.8. The molecule has 4 N–H and O–H groups in total. The Bertz CT molecular complexity index is 726. The Kier molecular flexibility index (Phi) is 7.76. The SMILES string of the molecule is CSc1ccc2c(c1C(=O)O)OB(O)[C@@H](SCC(=O)N1CCC(N)C1)C2.Cl. The maximum atomic E-state index is 12.3. The Morgan fingerprint density at radius 1 is 1.44 bits per heavy atom. The molecule has 27 heavy (non-hydrogen) atoms. The van der Waals surface area contributed by atoms with E-state index in [9.17, 15) is 19.7 Å². The van der Waals surface area contributed by atoms with Gasteiger partial charge in [-0.15, -0.1) is 35.9 Å². The largest absolute Gasteiger partial charge is 0.536 e. The van der Waals surface area contributed by atoms with Crippen molar-refractivity contribution in [2.75, 3.05) is 25.1 Å². The normalized spacial score (nSPS) is 21.3. The Morgan fingerprint density at radius 2 is 2.19 bits per heavy atom. The number of thioether (sulfide) groups is 2. The average Bonchev–Trinajstić information content (AvgIpc) is 3.05. The third-order valence-electron chi connectivity index (χ3n) is 4.61. The molecule has 2 heterocycles. The average molecular weight is 433 g/mol. The number of carbonyl (C=O) groups excluding carboxylic acids is 1. The van der Waals surface area contributed by atoms with Crippen LogP contribution in [0.25, 0.3) is 0 Å². The molecule has 11 heteroatoms. The quantitative estimate of drug-likeness (QED) is 0.469. The number of benzene rings is 1. The fraction of sp³-hybridized carbons (Fsp3) is 0.500. The molecule has 7 nitrogen and oxygen atoms in total. The summed E-state index contributed by atoms with van der Waals surface area (Å²) in [6.07, 6.45) is 3.06. The lowest BCUT2D eigenvalue weighted by Gasteiger charge is -2.29. The summed E-state index contributed by atoms with van der Waals surface area (Å²) in [5, 5.41) is 19.5. The van der Waals surface area contributed by atoms with Crippen molar-refractivity contribution in [2.24, 2.45) is 5.73 Å². The number of halogens is 1. The number of nitrogens with zero attached hydrogens (tertiary/aromatic N) is 1. The van der Waals surface area contributed by atoms with Gasteiger partial charge in [-0.25, -0.2) is 4.79 Å². The molecule has 148 valence electrons. The van der Waals surface area contributed by atoms with E-state index in [4.69, 9.17) is 10.4 Å². The molecule has 2 aliphatic rings. The van der Waals surface area contributed by atoms with Crippen molar-refractivity contribution in [3.63, 3.8) is 0 Å². The van der Waals surface area contributed by atoms with Crippen LogP contribution in [0.2, 0.25) is 0 Å². The molecule has 1 aromatic carbocycles. The maximum Gasteiger partial charge on any atom is 0.536 e. The molecule has 0 aliphatic carbocycles. The van der Waals surface area contributed by atoms with Gasteiger partial charge in [-0.2, -0.15) is 0 Å². The van der Waals surface area contributed by atoms with Gasteiger partial charge in [0.15, 0.2) is 0 Å². The Hall–Kier alpha value is -1.07. The van der Waals surface area contributed by atoms with E-state index in [1.807, 2.05) is 6.07 Å². The summed E-state index contributed by atoms with van der Waals surface area (Å²) in [7, 11) is -1.16. The second-order valence-electron chi connectivity index (χ2n) is 6.39. The molecule has 2 atom stereocenters. The van der Waals surface area contributed by atoms with Gasteiger partial charge in [0, 0.05) is 24.0 Å². The molecular formula is C16H22BClN2O5S2. The molecular weight excluding hydrogens is 411 g/mol. The van der Waals surface area contributed by atoms with E-state index in [1.165, 1.54) is 23.5 Å². The van der Waals surface area contributed by atoms with Crippen molar-refractivity contribution >= 4 is 54.9 Å². The highest BCUT2D eigenvalue weighted by molar-refractivity contribution is 8.01. The molecule has 0 spiro atoms. The van der Waals surface area contributed by atoms with E-state index in [0.29, 0.717) is 24.4 Å². The van der Waals surface area contributed by atoms with Crippen molar-refractivity contribution < 1.29 is 24.4 Å². The second-order valence-corrected chi connectivity index (χ2v) is 8.46. The molecule has 0 aromatic heterocycles. The van der Waals surface area contributed by atoms with Crippen molar-refractivity contribution in [1.29, 1.82) is 0 Å². The van der Waals surface area contributed by atoms with Crippen LogP contribution in [0, 0.1) is 0 Å². The molecule has 1 fully saturated rings. The molecule has 3 rings (SSSR count). The van der Waals surface area contributed by atoms with E-state index in [0.717, 1.165) is 12.0 Å². The number of carbonyl (C=O) groups is 2. The number of rotatable bonds is 5. The number of likely N-dealkylation sites (tertiary alicyclic amines) is 1. The maximum absolute atomic E-state index is 12.3. The van der Waals surface area contributed by atoms with E-state index in [2.05, 4.69) is 0 Å². The summed E-state index contributed by atoms with van der Waals surface area (Å²) in [4.78, 5) is 26.2. The number of hydrogen-bond acceptors (Lipinski definition) is 7. The van der Waals surface area contributed by atoms with Crippen LogP contribution < -0.4 is 10.4 Å². The lowest BCUT2D eigenvalue weighted by Crippen LogP contribution is -2.42. The van der Waals surface area contributed by atoms with Gasteiger partial charge in [-0.05, 0) is 30.7 Å². The molecule has 0 saturated carbocycles. The van der Waals surface area contributed by atoms with Crippen molar-refractivity contribution in [3.05, 3.63) is 23.3 Å². The number of carboxylic acids is 1. The lowest BCUT2D eigenvalue weighted by atomic mass is 9.77. The van der Waals surface area contributed by atoms with Gasteiger partial charge in [0.25, 0.3) is 0 Å². The fourth-order valence-corrected chi connectivity index (χ4v) is 4.86. The zero-order valence-corrected chi connectivity index (χ0v) is 17.2. The molecule has 1 amide bonds. The molecule has 0 radical (unpaired) electrons. The van der Waals surface area contributed by atoms with Gasteiger partial charge in [-0.3, -0.25) is 4.79 Å². The first-order valence-corrected chi connectivity index (χ1v) is 10.6. The van der Waals surface area contributed by atoms with E-state index < -0.39 is 13.1 Å². The van der Waals surface area contributed by atoms with Crippen molar-refractivity contribution in [3.8, 4) is 5.75 Å². The standard InChI is InChI=1S/C16H21BN2O5S2.ClH/c1-25-11-3-2-9-6-12(17(23)24-15(9)14(11)16(21)22)26-8-13(20)19-5-4-10(18)7-19;/h2-3,10,12,23H,4-8,18H2,1H3,(H,21,22);1H/t10?,12-;/m0./s1. The summed E-state index contributed by atoms with van der Waals surface area (Å²) in [6.45, 7) is 1.25. The third kappa shape index (κ3) is 4.86. The summed E-state index contributed by atoms with van der Waals surface area (Å²) in [5.74, 6) is -0.609. The van der Waals surface area contributed by atoms with Crippen LogP contribution in [0.15, 0.2) is 17.0 Å². The van der Waals surface area contributed by atoms with Gasteiger partial charge in [0.05, 0.1) is 10.9 Å². The zero-order chi connectivity index (χ0) is 18.8. The van der Waals surface area contributed by atoms with E-state index in [1.54, 1.807) is 17.2 Å². The van der Waals surface area contributed by atoms with E-state index in [-0.39, 0.29) is 46.6 Å². The van der Waals surface area contributed by atoms with Crippen LogP contribution in [0.1, 0.15) is 22.3 Å². The van der Waals surface area contributed by atoms with Crippen LogP contribution in [0.5, 0.6) is 5.75 Å². The predicted octanol–water partition coefficient (Wildman–Crippen LogP) is 1.14. The van der Waals surface area contributed by atoms with Crippen LogP contribution in [-0.4, -0.2) is 70.3 Å². The van der Waals surface area contributed by atoms with Gasteiger partial charge in [0.1, 0.15) is 11.3 Å². The Balaban J connectivity index is 0.00000261. The second kappa shape index (κ2) is 9.42. The first-order valence-electron chi connectivity index (χ1n) is 8.33. The lowest BCUT2D eigenvalue weighted by molar-refractivity contribution is -0.127. The first kappa shape index (κ1) is 22.2. The first-order chi connectivity index (χ1) is 12.4. The highest BCUT2D eigenvalue weighted by Crippen LogP contribution is 2.38. The van der Waals surface area contributed by atoms with Gasteiger partial charge in [-0.1, -0.05) is 6.07 Å². The summed E-state index contributed by atoms with van der Waals surface area (Å²) < 4.78 is 5.55. The monoisotopic (exact) mass is 432 g/mol.